The summed E-state index contributed by atoms with van der Waals surface area (Å²) in [5.41, 5.74) is 6.74. The molecule has 1 heterocycles. The van der Waals surface area contributed by atoms with Gasteiger partial charge in [-0.25, -0.2) is 4.68 Å². The van der Waals surface area contributed by atoms with Crippen LogP contribution in [0.25, 0.3) is 11.3 Å². The largest absolute Gasteiger partial charge is 0.416 e. The van der Waals surface area contributed by atoms with Crippen molar-refractivity contribution >= 4 is 0 Å². The second-order valence-electron chi connectivity index (χ2n) is 3.98. The van der Waals surface area contributed by atoms with E-state index in [1.165, 1.54) is 12.1 Å². The van der Waals surface area contributed by atoms with Crippen LogP contribution in [0.4, 0.5) is 13.2 Å². The third-order valence-corrected chi connectivity index (χ3v) is 2.78. The van der Waals surface area contributed by atoms with Crippen LogP contribution in [0.3, 0.4) is 0 Å². The fourth-order valence-corrected chi connectivity index (χ4v) is 1.84. The van der Waals surface area contributed by atoms with Crippen LogP contribution in [0.2, 0.25) is 0 Å². The van der Waals surface area contributed by atoms with Crippen molar-refractivity contribution < 1.29 is 13.2 Å². The van der Waals surface area contributed by atoms with Gasteiger partial charge in [-0.2, -0.15) is 13.2 Å². The van der Waals surface area contributed by atoms with E-state index < -0.39 is 11.7 Å². The molecule has 1 aromatic carbocycles. The standard InChI is InChI=1S/C12H13F3N4/c1-2-19-11(10(7-16)17-18-19)8-3-5-9(6-4-8)12(13,14)15/h3-6H,2,7,16H2,1H3. The zero-order valence-electron chi connectivity index (χ0n) is 10.3. The molecule has 0 unspecified atom stereocenters. The van der Waals surface area contributed by atoms with Gasteiger partial charge < -0.3 is 5.73 Å². The van der Waals surface area contributed by atoms with E-state index in [0.29, 0.717) is 23.5 Å². The molecule has 0 aliphatic rings. The molecule has 0 atom stereocenters. The lowest BCUT2D eigenvalue weighted by molar-refractivity contribution is -0.137. The van der Waals surface area contributed by atoms with Gasteiger partial charge in [-0.15, -0.1) is 5.10 Å². The average molecular weight is 270 g/mol. The first-order chi connectivity index (χ1) is 8.97. The molecular formula is C12H13F3N4. The summed E-state index contributed by atoms with van der Waals surface area (Å²) in [4.78, 5) is 0. The maximum Gasteiger partial charge on any atom is 0.416 e. The summed E-state index contributed by atoms with van der Waals surface area (Å²) < 4.78 is 39.1. The number of benzene rings is 1. The number of aromatic nitrogens is 3. The lowest BCUT2D eigenvalue weighted by Crippen LogP contribution is -2.06. The Balaban J connectivity index is 2.45. The highest BCUT2D eigenvalue weighted by Crippen LogP contribution is 2.31. The Bertz CT molecular complexity index is 536. The molecule has 0 amide bonds. The van der Waals surface area contributed by atoms with E-state index in [9.17, 15) is 13.2 Å². The van der Waals surface area contributed by atoms with Crippen LogP contribution in [-0.4, -0.2) is 15.0 Å². The van der Waals surface area contributed by atoms with E-state index in [4.69, 9.17) is 5.73 Å². The van der Waals surface area contributed by atoms with Gasteiger partial charge in [-0.1, -0.05) is 17.3 Å². The van der Waals surface area contributed by atoms with E-state index in [-0.39, 0.29) is 6.54 Å². The quantitative estimate of drug-likeness (QED) is 0.932. The molecule has 0 fully saturated rings. The highest BCUT2D eigenvalue weighted by atomic mass is 19.4. The second-order valence-corrected chi connectivity index (χ2v) is 3.98. The molecule has 0 radical (unpaired) electrons. The lowest BCUT2D eigenvalue weighted by Gasteiger charge is -2.09. The van der Waals surface area contributed by atoms with Gasteiger partial charge in [0.25, 0.3) is 0 Å². The molecule has 0 saturated heterocycles. The number of hydrogen-bond acceptors (Lipinski definition) is 3. The Labute approximate surface area is 108 Å². The third kappa shape index (κ3) is 2.60. The van der Waals surface area contributed by atoms with E-state index >= 15 is 0 Å². The smallest absolute Gasteiger partial charge is 0.325 e. The SMILES string of the molecule is CCn1nnc(CN)c1-c1ccc(C(F)(F)F)cc1. The van der Waals surface area contributed by atoms with Gasteiger partial charge in [0.05, 0.1) is 11.3 Å². The normalized spacial score (nSPS) is 11.8. The first-order valence-corrected chi connectivity index (χ1v) is 5.77. The van der Waals surface area contributed by atoms with Crippen molar-refractivity contribution in [3.8, 4) is 11.3 Å². The summed E-state index contributed by atoms with van der Waals surface area (Å²) in [6, 6.07) is 4.91. The second kappa shape index (κ2) is 5.00. The molecule has 19 heavy (non-hydrogen) atoms. The average Bonchev–Trinajstić information content (AvgIpc) is 2.80. The molecule has 0 aliphatic carbocycles. The van der Waals surface area contributed by atoms with Crippen molar-refractivity contribution in [2.24, 2.45) is 5.73 Å². The summed E-state index contributed by atoms with van der Waals surface area (Å²) in [6.45, 7) is 2.64. The minimum Gasteiger partial charge on any atom is -0.325 e. The number of halogens is 3. The summed E-state index contributed by atoms with van der Waals surface area (Å²) in [6.07, 6.45) is -4.33. The first-order valence-electron chi connectivity index (χ1n) is 5.77. The number of nitrogens with zero attached hydrogens (tertiary/aromatic N) is 3. The van der Waals surface area contributed by atoms with Crippen LogP contribution in [0.15, 0.2) is 24.3 Å². The Morgan fingerprint density at radius 1 is 1.21 bits per heavy atom. The van der Waals surface area contributed by atoms with Crippen molar-refractivity contribution in [2.45, 2.75) is 26.2 Å². The Kier molecular flexibility index (Phi) is 3.57. The van der Waals surface area contributed by atoms with Crippen molar-refractivity contribution in [2.75, 3.05) is 0 Å². The van der Waals surface area contributed by atoms with Crippen molar-refractivity contribution in [1.29, 1.82) is 0 Å². The van der Waals surface area contributed by atoms with E-state index in [1.807, 2.05) is 6.92 Å². The molecule has 2 rings (SSSR count). The summed E-state index contributed by atoms with van der Waals surface area (Å²) >= 11 is 0. The molecular weight excluding hydrogens is 257 g/mol. The fraction of sp³-hybridized carbons (Fsp3) is 0.333. The van der Waals surface area contributed by atoms with Gasteiger partial charge in [-0.3, -0.25) is 0 Å². The van der Waals surface area contributed by atoms with Crippen molar-refractivity contribution in [3.05, 3.63) is 35.5 Å². The zero-order chi connectivity index (χ0) is 14.0. The number of hydrogen-bond donors (Lipinski definition) is 1. The Morgan fingerprint density at radius 2 is 1.84 bits per heavy atom. The van der Waals surface area contributed by atoms with E-state index in [0.717, 1.165) is 12.1 Å². The zero-order valence-corrected chi connectivity index (χ0v) is 10.3. The number of alkyl halides is 3. The van der Waals surface area contributed by atoms with Gasteiger partial charge in [0, 0.05) is 18.7 Å². The van der Waals surface area contributed by atoms with Gasteiger partial charge in [-0.05, 0) is 19.1 Å². The highest BCUT2D eigenvalue weighted by Gasteiger charge is 2.30. The fourth-order valence-electron chi connectivity index (χ4n) is 1.84. The molecule has 2 aromatic rings. The van der Waals surface area contributed by atoms with Gasteiger partial charge in [0.2, 0.25) is 0 Å². The maximum atomic E-state index is 12.5. The lowest BCUT2D eigenvalue weighted by atomic mass is 10.1. The number of rotatable bonds is 3. The summed E-state index contributed by atoms with van der Waals surface area (Å²) in [5.74, 6) is 0. The van der Waals surface area contributed by atoms with Crippen LogP contribution in [0.1, 0.15) is 18.2 Å². The number of aryl methyl sites for hydroxylation is 1. The van der Waals surface area contributed by atoms with Gasteiger partial charge >= 0.3 is 6.18 Å². The molecule has 7 heteroatoms. The van der Waals surface area contributed by atoms with Crippen LogP contribution in [0, 0.1) is 0 Å². The Morgan fingerprint density at radius 3 is 2.32 bits per heavy atom. The molecule has 0 saturated carbocycles. The summed E-state index contributed by atoms with van der Waals surface area (Å²) in [5, 5.41) is 7.84. The first kappa shape index (κ1) is 13.5. The van der Waals surface area contributed by atoms with Crippen LogP contribution in [0.5, 0.6) is 0 Å². The van der Waals surface area contributed by atoms with Crippen molar-refractivity contribution in [1.82, 2.24) is 15.0 Å². The van der Waals surface area contributed by atoms with Crippen LogP contribution < -0.4 is 5.73 Å². The van der Waals surface area contributed by atoms with Crippen LogP contribution >= 0.6 is 0 Å². The minimum atomic E-state index is -4.33. The predicted octanol–water partition coefficient (Wildman–Crippen LogP) is 2.44. The maximum absolute atomic E-state index is 12.5. The minimum absolute atomic E-state index is 0.191. The van der Waals surface area contributed by atoms with E-state index in [2.05, 4.69) is 10.3 Å². The molecule has 0 spiro atoms. The molecule has 0 bridgehead atoms. The third-order valence-electron chi connectivity index (χ3n) is 2.78. The Hall–Kier alpha value is -1.89. The molecule has 2 N–H and O–H groups in total. The predicted molar refractivity (Wildman–Crippen MR) is 64.0 cm³/mol. The van der Waals surface area contributed by atoms with Crippen molar-refractivity contribution in [3.63, 3.8) is 0 Å². The molecule has 102 valence electrons. The van der Waals surface area contributed by atoms with E-state index in [1.54, 1.807) is 4.68 Å². The monoisotopic (exact) mass is 270 g/mol. The molecule has 4 nitrogen and oxygen atoms in total. The molecule has 0 aliphatic heterocycles. The topological polar surface area (TPSA) is 56.7 Å². The van der Waals surface area contributed by atoms with Gasteiger partial charge in [0.15, 0.2) is 0 Å². The summed E-state index contributed by atoms with van der Waals surface area (Å²) in [7, 11) is 0. The van der Waals surface area contributed by atoms with Gasteiger partial charge in [0.1, 0.15) is 5.69 Å². The molecule has 1 aromatic heterocycles. The number of nitrogens with two attached hydrogens (primary N) is 1. The van der Waals surface area contributed by atoms with Crippen LogP contribution in [-0.2, 0) is 19.3 Å². The highest BCUT2D eigenvalue weighted by molar-refractivity contribution is 5.62.